The quantitative estimate of drug-likeness (QED) is 0.769. The fourth-order valence-electron chi connectivity index (χ4n) is 3.33. The number of para-hydroxylation sites is 1. The Kier molecular flexibility index (Phi) is 7.25. The molecule has 2 N–H and O–H groups in total. The first-order chi connectivity index (χ1) is 11.6. The minimum absolute atomic E-state index is 0.0130. The number of carbonyl (C=O) groups excluding carboxylic acids is 2. The number of hydrogen-bond donors (Lipinski definition) is 2. The second-order valence-electron chi connectivity index (χ2n) is 6.34. The van der Waals surface area contributed by atoms with Crippen molar-refractivity contribution in [1.29, 1.82) is 0 Å². The summed E-state index contributed by atoms with van der Waals surface area (Å²) in [6.45, 7) is 5.39. The van der Waals surface area contributed by atoms with Crippen molar-refractivity contribution in [3.05, 3.63) is 29.8 Å². The van der Waals surface area contributed by atoms with E-state index < -0.39 is 0 Å². The number of carbonyl (C=O) groups is 2. The molecule has 0 unspecified atom stereocenters. The van der Waals surface area contributed by atoms with Crippen molar-refractivity contribution in [3.63, 3.8) is 0 Å². The smallest absolute Gasteiger partial charge is 0.243 e. The van der Waals surface area contributed by atoms with Gasteiger partial charge in [-0.05, 0) is 37.4 Å². The van der Waals surface area contributed by atoms with Crippen LogP contribution >= 0.6 is 0 Å². The molecule has 1 fully saturated rings. The summed E-state index contributed by atoms with van der Waals surface area (Å²) in [6.07, 6.45) is 5.71. The van der Waals surface area contributed by atoms with E-state index in [-0.39, 0.29) is 18.4 Å². The van der Waals surface area contributed by atoms with E-state index in [0.717, 1.165) is 24.2 Å². The zero-order valence-electron chi connectivity index (χ0n) is 14.8. The van der Waals surface area contributed by atoms with Crippen molar-refractivity contribution in [2.45, 2.75) is 52.0 Å². The monoisotopic (exact) mass is 331 g/mol. The fourth-order valence-corrected chi connectivity index (χ4v) is 3.33. The van der Waals surface area contributed by atoms with Gasteiger partial charge in [-0.2, -0.15) is 0 Å². The summed E-state index contributed by atoms with van der Waals surface area (Å²) in [6, 6.07) is 8.25. The van der Waals surface area contributed by atoms with Crippen molar-refractivity contribution in [1.82, 2.24) is 10.2 Å². The van der Waals surface area contributed by atoms with Crippen molar-refractivity contribution in [3.8, 4) is 0 Å². The lowest BCUT2D eigenvalue weighted by molar-refractivity contribution is -0.125. The number of anilines is 1. The minimum atomic E-state index is -0.187. The van der Waals surface area contributed by atoms with E-state index >= 15 is 0 Å². The van der Waals surface area contributed by atoms with Crippen LogP contribution in [0.15, 0.2) is 24.3 Å². The number of nitrogens with zero attached hydrogens (tertiary/aromatic N) is 1. The van der Waals surface area contributed by atoms with Gasteiger partial charge in [0.2, 0.25) is 11.8 Å². The maximum atomic E-state index is 12.1. The second kappa shape index (κ2) is 9.42. The molecule has 0 heterocycles. The Morgan fingerprint density at radius 2 is 1.83 bits per heavy atom. The van der Waals surface area contributed by atoms with Gasteiger partial charge in [-0.25, -0.2) is 0 Å². The summed E-state index contributed by atoms with van der Waals surface area (Å²) in [5.74, 6) is -0.268. The van der Waals surface area contributed by atoms with E-state index in [9.17, 15) is 9.59 Å². The Labute approximate surface area is 144 Å². The Bertz CT molecular complexity index is 553. The van der Waals surface area contributed by atoms with Gasteiger partial charge in [0.05, 0.1) is 13.1 Å². The molecule has 0 radical (unpaired) electrons. The van der Waals surface area contributed by atoms with Crippen molar-refractivity contribution < 1.29 is 9.59 Å². The molecule has 1 aliphatic rings. The highest BCUT2D eigenvalue weighted by atomic mass is 16.2. The van der Waals surface area contributed by atoms with Crippen LogP contribution in [-0.4, -0.2) is 42.4 Å². The first-order valence-corrected chi connectivity index (χ1v) is 9.02. The third-order valence-electron chi connectivity index (χ3n) is 4.71. The van der Waals surface area contributed by atoms with E-state index in [1.54, 1.807) is 0 Å². The Morgan fingerprint density at radius 3 is 2.50 bits per heavy atom. The van der Waals surface area contributed by atoms with E-state index in [0.29, 0.717) is 12.6 Å². The van der Waals surface area contributed by atoms with Gasteiger partial charge in [-0.3, -0.25) is 14.5 Å². The van der Waals surface area contributed by atoms with Gasteiger partial charge in [-0.15, -0.1) is 0 Å². The van der Waals surface area contributed by atoms with E-state index in [1.807, 2.05) is 24.3 Å². The predicted molar refractivity (Wildman–Crippen MR) is 97.0 cm³/mol. The molecule has 0 atom stereocenters. The van der Waals surface area contributed by atoms with E-state index in [2.05, 4.69) is 29.4 Å². The van der Waals surface area contributed by atoms with Crippen LogP contribution in [0.25, 0.3) is 0 Å². The van der Waals surface area contributed by atoms with Crippen LogP contribution in [0.5, 0.6) is 0 Å². The summed E-state index contributed by atoms with van der Waals surface area (Å²) < 4.78 is 0. The molecule has 1 aromatic carbocycles. The summed E-state index contributed by atoms with van der Waals surface area (Å²) in [7, 11) is 0. The second-order valence-corrected chi connectivity index (χ2v) is 6.34. The van der Waals surface area contributed by atoms with Crippen LogP contribution < -0.4 is 10.6 Å². The Balaban J connectivity index is 1.77. The molecule has 132 valence electrons. The number of aryl methyl sites for hydroxylation is 1. The van der Waals surface area contributed by atoms with Gasteiger partial charge < -0.3 is 10.6 Å². The maximum Gasteiger partial charge on any atom is 0.243 e. The first kappa shape index (κ1) is 18.5. The molecule has 24 heavy (non-hydrogen) atoms. The average Bonchev–Trinajstić information content (AvgIpc) is 3.12. The van der Waals surface area contributed by atoms with Crippen LogP contribution in [0.3, 0.4) is 0 Å². The highest BCUT2D eigenvalue weighted by Crippen LogP contribution is 2.22. The van der Waals surface area contributed by atoms with Gasteiger partial charge in [-0.1, -0.05) is 44.9 Å². The molecule has 2 rings (SSSR count). The molecule has 1 saturated carbocycles. The lowest BCUT2D eigenvalue weighted by Crippen LogP contribution is -2.43. The molecule has 0 spiro atoms. The van der Waals surface area contributed by atoms with Gasteiger partial charge in [0.15, 0.2) is 0 Å². The van der Waals surface area contributed by atoms with Gasteiger partial charge in [0, 0.05) is 11.7 Å². The SMILES string of the molecule is CCc1ccccc1NC(=O)CNC(=O)CN(CC)C1CCCC1. The summed E-state index contributed by atoms with van der Waals surface area (Å²) in [4.78, 5) is 26.4. The Hall–Kier alpha value is -1.88. The zero-order chi connectivity index (χ0) is 17.4. The standard InChI is InChI=1S/C19H29N3O2/c1-3-15-9-5-8-12-17(15)21-18(23)13-20-19(24)14-22(4-2)16-10-6-7-11-16/h5,8-9,12,16H,3-4,6-7,10-11,13-14H2,1-2H3,(H,20,24)(H,21,23). The average molecular weight is 331 g/mol. The third-order valence-corrected chi connectivity index (χ3v) is 4.71. The number of hydrogen-bond acceptors (Lipinski definition) is 3. The first-order valence-electron chi connectivity index (χ1n) is 9.02. The molecule has 5 nitrogen and oxygen atoms in total. The van der Waals surface area contributed by atoms with Crippen LogP contribution in [0, 0.1) is 0 Å². The highest BCUT2D eigenvalue weighted by molar-refractivity contribution is 5.95. The molecular weight excluding hydrogens is 302 g/mol. The Morgan fingerprint density at radius 1 is 1.12 bits per heavy atom. The molecule has 0 bridgehead atoms. The molecular formula is C19H29N3O2. The lowest BCUT2D eigenvalue weighted by Gasteiger charge is -2.26. The molecule has 0 aromatic heterocycles. The number of likely N-dealkylation sites (N-methyl/N-ethyl adjacent to an activating group) is 1. The molecule has 0 saturated heterocycles. The summed E-state index contributed by atoms with van der Waals surface area (Å²) in [5, 5.41) is 5.61. The molecule has 5 heteroatoms. The number of benzene rings is 1. The van der Waals surface area contributed by atoms with E-state index in [4.69, 9.17) is 0 Å². The van der Waals surface area contributed by atoms with Gasteiger partial charge in [0.1, 0.15) is 0 Å². The topological polar surface area (TPSA) is 61.4 Å². The third kappa shape index (κ3) is 5.34. The van der Waals surface area contributed by atoms with Crippen molar-refractivity contribution in [2.75, 3.05) is 25.0 Å². The summed E-state index contributed by atoms with van der Waals surface area (Å²) in [5.41, 5.74) is 1.91. The van der Waals surface area contributed by atoms with E-state index in [1.165, 1.54) is 25.7 Å². The molecule has 2 amide bonds. The van der Waals surface area contributed by atoms with Gasteiger partial charge in [0.25, 0.3) is 0 Å². The minimum Gasteiger partial charge on any atom is -0.346 e. The summed E-state index contributed by atoms with van der Waals surface area (Å²) >= 11 is 0. The normalized spacial score (nSPS) is 14.8. The van der Waals surface area contributed by atoms with Crippen LogP contribution in [0.2, 0.25) is 0 Å². The number of nitrogens with one attached hydrogen (secondary N) is 2. The van der Waals surface area contributed by atoms with Crippen LogP contribution in [0.4, 0.5) is 5.69 Å². The highest BCUT2D eigenvalue weighted by Gasteiger charge is 2.23. The number of amides is 2. The molecule has 1 aromatic rings. The van der Waals surface area contributed by atoms with Crippen molar-refractivity contribution in [2.24, 2.45) is 0 Å². The largest absolute Gasteiger partial charge is 0.346 e. The number of rotatable bonds is 8. The lowest BCUT2D eigenvalue weighted by atomic mass is 10.1. The zero-order valence-corrected chi connectivity index (χ0v) is 14.8. The van der Waals surface area contributed by atoms with Gasteiger partial charge >= 0.3 is 0 Å². The van der Waals surface area contributed by atoms with Crippen LogP contribution in [0.1, 0.15) is 45.1 Å². The maximum absolute atomic E-state index is 12.1. The molecule has 1 aliphatic carbocycles. The van der Waals surface area contributed by atoms with Crippen LogP contribution in [-0.2, 0) is 16.0 Å². The van der Waals surface area contributed by atoms with Crippen molar-refractivity contribution >= 4 is 17.5 Å². The predicted octanol–water partition coefficient (Wildman–Crippen LogP) is 2.57. The molecule has 0 aliphatic heterocycles. The fraction of sp³-hybridized carbons (Fsp3) is 0.579.